The quantitative estimate of drug-likeness (QED) is 0.878. The largest absolute Gasteiger partial charge is 0.465 e. The van der Waals surface area contributed by atoms with Crippen molar-refractivity contribution in [3.05, 3.63) is 57.3 Å². The fourth-order valence-corrected chi connectivity index (χ4v) is 2.63. The molecule has 1 heterocycles. The number of hydrogen-bond acceptors (Lipinski definition) is 4. The molecule has 0 bridgehead atoms. The first-order valence-corrected chi connectivity index (χ1v) is 7.18. The van der Waals surface area contributed by atoms with Gasteiger partial charge in [0.25, 0.3) is 5.91 Å². The molecule has 1 aromatic carbocycles. The van der Waals surface area contributed by atoms with E-state index in [4.69, 9.17) is 0 Å². The molecular formula is C15H13F2NO3S. The molecule has 0 fully saturated rings. The molecule has 2 aromatic rings. The van der Waals surface area contributed by atoms with Gasteiger partial charge >= 0.3 is 5.97 Å². The molecular weight excluding hydrogens is 312 g/mol. The van der Waals surface area contributed by atoms with E-state index in [1.165, 1.54) is 25.3 Å². The fourth-order valence-electron chi connectivity index (χ4n) is 1.80. The van der Waals surface area contributed by atoms with Gasteiger partial charge in [0, 0.05) is 0 Å². The van der Waals surface area contributed by atoms with Crippen LogP contribution < -0.4 is 5.32 Å². The lowest BCUT2D eigenvalue weighted by Gasteiger charge is -2.13. The lowest BCUT2D eigenvalue weighted by Crippen LogP contribution is -2.26. The zero-order valence-electron chi connectivity index (χ0n) is 11.9. The number of ether oxygens (including phenoxy) is 1. The molecule has 1 N–H and O–H groups in total. The SMILES string of the molecule is COC(=O)c1ccc(C(=O)NC(C)c2ccc(F)c(F)c2)s1. The number of methoxy groups -OCH3 is 1. The summed E-state index contributed by atoms with van der Waals surface area (Å²) in [7, 11) is 1.26. The third-order valence-electron chi connectivity index (χ3n) is 3.01. The maximum atomic E-state index is 13.2. The van der Waals surface area contributed by atoms with E-state index in [2.05, 4.69) is 10.1 Å². The third-order valence-corrected chi connectivity index (χ3v) is 4.07. The molecule has 4 nitrogen and oxygen atoms in total. The number of esters is 1. The van der Waals surface area contributed by atoms with Crippen LogP contribution >= 0.6 is 11.3 Å². The molecule has 1 unspecified atom stereocenters. The summed E-state index contributed by atoms with van der Waals surface area (Å²) in [5.41, 5.74) is 0.442. The molecule has 1 aromatic heterocycles. The summed E-state index contributed by atoms with van der Waals surface area (Å²) < 4.78 is 30.7. The molecule has 2 rings (SSSR count). The van der Waals surface area contributed by atoms with E-state index in [0.717, 1.165) is 23.5 Å². The van der Waals surface area contributed by atoms with E-state index >= 15 is 0 Å². The highest BCUT2D eigenvalue weighted by Gasteiger charge is 2.17. The number of nitrogens with one attached hydrogen (secondary N) is 1. The van der Waals surface area contributed by atoms with Crippen LogP contribution in [0.1, 0.15) is 37.9 Å². The minimum Gasteiger partial charge on any atom is -0.465 e. The summed E-state index contributed by atoms with van der Waals surface area (Å²) in [6.45, 7) is 1.65. The van der Waals surface area contributed by atoms with Gasteiger partial charge in [-0.2, -0.15) is 0 Å². The summed E-state index contributed by atoms with van der Waals surface area (Å²) >= 11 is 0.996. The van der Waals surface area contributed by atoms with Crippen LogP contribution in [0.5, 0.6) is 0 Å². The van der Waals surface area contributed by atoms with Gasteiger partial charge in [0.2, 0.25) is 0 Å². The van der Waals surface area contributed by atoms with Crippen molar-refractivity contribution in [3.8, 4) is 0 Å². The fraction of sp³-hybridized carbons (Fsp3) is 0.200. The van der Waals surface area contributed by atoms with Crippen LogP contribution in [0.4, 0.5) is 8.78 Å². The van der Waals surface area contributed by atoms with Crippen molar-refractivity contribution in [1.29, 1.82) is 0 Å². The summed E-state index contributed by atoms with van der Waals surface area (Å²) in [5, 5.41) is 2.66. The van der Waals surface area contributed by atoms with E-state index in [0.29, 0.717) is 15.3 Å². The zero-order valence-corrected chi connectivity index (χ0v) is 12.7. The zero-order chi connectivity index (χ0) is 16.3. The Hall–Kier alpha value is -2.28. The van der Waals surface area contributed by atoms with Gasteiger partial charge in [-0.3, -0.25) is 4.79 Å². The van der Waals surface area contributed by atoms with Gasteiger partial charge < -0.3 is 10.1 Å². The van der Waals surface area contributed by atoms with E-state index in [1.54, 1.807) is 6.92 Å². The van der Waals surface area contributed by atoms with Gasteiger partial charge in [-0.05, 0) is 36.8 Å². The topological polar surface area (TPSA) is 55.4 Å². The summed E-state index contributed by atoms with van der Waals surface area (Å²) in [6.07, 6.45) is 0. The van der Waals surface area contributed by atoms with Crippen LogP contribution in [-0.4, -0.2) is 19.0 Å². The Morgan fingerprint density at radius 1 is 1.14 bits per heavy atom. The number of benzene rings is 1. The maximum absolute atomic E-state index is 13.2. The van der Waals surface area contributed by atoms with Crippen molar-refractivity contribution < 1.29 is 23.1 Å². The molecule has 0 aliphatic heterocycles. The average Bonchev–Trinajstić information content (AvgIpc) is 2.99. The first-order valence-electron chi connectivity index (χ1n) is 6.36. The number of amides is 1. The van der Waals surface area contributed by atoms with E-state index < -0.39 is 29.6 Å². The summed E-state index contributed by atoms with van der Waals surface area (Å²) in [5.74, 6) is -2.83. The van der Waals surface area contributed by atoms with Crippen molar-refractivity contribution in [2.75, 3.05) is 7.11 Å². The molecule has 1 atom stereocenters. The second-order valence-corrected chi connectivity index (χ2v) is 5.61. The lowest BCUT2D eigenvalue weighted by molar-refractivity contribution is 0.0606. The van der Waals surface area contributed by atoms with Crippen molar-refractivity contribution in [2.24, 2.45) is 0 Å². The molecule has 7 heteroatoms. The minimum atomic E-state index is -0.970. The highest BCUT2D eigenvalue weighted by molar-refractivity contribution is 7.15. The van der Waals surface area contributed by atoms with Crippen LogP contribution in [0.15, 0.2) is 30.3 Å². The van der Waals surface area contributed by atoms with Gasteiger partial charge in [-0.25, -0.2) is 13.6 Å². The Morgan fingerprint density at radius 2 is 1.82 bits per heavy atom. The molecule has 0 aliphatic carbocycles. The Kier molecular flexibility index (Phi) is 4.87. The van der Waals surface area contributed by atoms with Crippen LogP contribution in [0.3, 0.4) is 0 Å². The van der Waals surface area contributed by atoms with Gasteiger partial charge in [-0.15, -0.1) is 11.3 Å². The van der Waals surface area contributed by atoms with Crippen LogP contribution in [0, 0.1) is 11.6 Å². The van der Waals surface area contributed by atoms with Crippen LogP contribution in [0.25, 0.3) is 0 Å². The number of carbonyl (C=O) groups is 2. The first-order chi connectivity index (χ1) is 10.4. The standard InChI is InChI=1S/C15H13F2NO3S/c1-8(9-3-4-10(16)11(17)7-9)18-14(19)12-5-6-13(22-12)15(20)21-2/h3-8H,1-2H3,(H,18,19). The van der Waals surface area contributed by atoms with Gasteiger partial charge in [0.15, 0.2) is 11.6 Å². The van der Waals surface area contributed by atoms with Crippen molar-refractivity contribution in [3.63, 3.8) is 0 Å². The Bertz CT molecular complexity index is 715. The predicted molar refractivity (Wildman–Crippen MR) is 77.9 cm³/mol. The van der Waals surface area contributed by atoms with E-state index in [-0.39, 0.29) is 0 Å². The first kappa shape index (κ1) is 16.1. The normalized spacial score (nSPS) is 11.8. The highest BCUT2D eigenvalue weighted by atomic mass is 32.1. The van der Waals surface area contributed by atoms with E-state index in [9.17, 15) is 18.4 Å². The molecule has 116 valence electrons. The molecule has 22 heavy (non-hydrogen) atoms. The van der Waals surface area contributed by atoms with Gasteiger partial charge in [0.05, 0.1) is 18.0 Å². The lowest BCUT2D eigenvalue weighted by atomic mass is 10.1. The second-order valence-electron chi connectivity index (χ2n) is 4.52. The van der Waals surface area contributed by atoms with Crippen molar-refractivity contribution in [1.82, 2.24) is 5.32 Å². The number of carbonyl (C=O) groups excluding carboxylic acids is 2. The Morgan fingerprint density at radius 3 is 2.45 bits per heavy atom. The summed E-state index contributed by atoms with van der Waals surface area (Å²) in [4.78, 5) is 24.1. The molecule has 1 amide bonds. The Balaban J connectivity index is 2.09. The number of halogens is 2. The molecule has 0 spiro atoms. The molecule has 0 aliphatic rings. The smallest absolute Gasteiger partial charge is 0.348 e. The Labute approximate surface area is 129 Å². The minimum absolute atomic E-state index is 0.313. The highest BCUT2D eigenvalue weighted by Crippen LogP contribution is 2.20. The second kappa shape index (κ2) is 6.65. The van der Waals surface area contributed by atoms with Crippen LogP contribution in [-0.2, 0) is 4.74 Å². The van der Waals surface area contributed by atoms with Gasteiger partial charge in [-0.1, -0.05) is 6.07 Å². The number of hydrogen-bond donors (Lipinski definition) is 1. The average molecular weight is 325 g/mol. The number of rotatable bonds is 4. The number of thiophene rings is 1. The van der Waals surface area contributed by atoms with Crippen LogP contribution in [0.2, 0.25) is 0 Å². The monoisotopic (exact) mass is 325 g/mol. The van der Waals surface area contributed by atoms with E-state index in [1.807, 2.05) is 0 Å². The molecule has 0 saturated heterocycles. The summed E-state index contributed by atoms with van der Waals surface area (Å²) in [6, 6.07) is 5.93. The maximum Gasteiger partial charge on any atom is 0.348 e. The molecule has 0 saturated carbocycles. The van der Waals surface area contributed by atoms with Crippen molar-refractivity contribution >= 4 is 23.2 Å². The van der Waals surface area contributed by atoms with Crippen molar-refractivity contribution in [2.45, 2.75) is 13.0 Å². The van der Waals surface area contributed by atoms with Gasteiger partial charge in [0.1, 0.15) is 4.88 Å². The predicted octanol–water partition coefficient (Wildman–Crippen LogP) is 3.30. The third kappa shape index (κ3) is 3.48. The molecule has 0 radical (unpaired) electrons.